The fourth-order valence-corrected chi connectivity index (χ4v) is 3.32. The van der Waals surface area contributed by atoms with Crippen LogP contribution < -0.4 is 0 Å². The summed E-state index contributed by atoms with van der Waals surface area (Å²) in [6, 6.07) is 14.9. The minimum absolute atomic E-state index is 0.0521. The van der Waals surface area contributed by atoms with E-state index in [2.05, 4.69) is 53.6 Å². The molecule has 0 unspecified atom stereocenters. The number of nitrogens with zero attached hydrogens (tertiary/aromatic N) is 3. The maximum Gasteiger partial charge on any atom is 0.257 e. The zero-order valence-corrected chi connectivity index (χ0v) is 13.6. The van der Waals surface area contributed by atoms with Gasteiger partial charge in [0, 0.05) is 26.3 Å². The number of carbonyl (C=O) groups is 1. The summed E-state index contributed by atoms with van der Waals surface area (Å²) in [6.45, 7) is 1.38. The van der Waals surface area contributed by atoms with E-state index in [1.165, 1.54) is 21.9 Å². The van der Waals surface area contributed by atoms with Crippen LogP contribution in [0.3, 0.4) is 0 Å². The van der Waals surface area contributed by atoms with Crippen molar-refractivity contribution in [1.82, 2.24) is 14.7 Å². The first-order valence-corrected chi connectivity index (χ1v) is 8.17. The number of rotatable bonds is 2. The fourth-order valence-electron chi connectivity index (χ4n) is 3.32. The quantitative estimate of drug-likeness (QED) is 0.725. The molecular weight excluding hydrogens is 298 g/mol. The molecule has 2 heterocycles. The lowest BCUT2D eigenvalue weighted by molar-refractivity contribution is 0.0773. The van der Waals surface area contributed by atoms with Gasteiger partial charge in [-0.05, 0) is 28.3 Å². The predicted octanol–water partition coefficient (Wildman–Crippen LogP) is 3.50. The van der Waals surface area contributed by atoms with E-state index < -0.39 is 0 Å². The molecule has 0 radical (unpaired) electrons. The Morgan fingerprint density at radius 3 is 2.71 bits per heavy atom. The molecule has 0 fully saturated rings. The first-order valence-electron chi connectivity index (χ1n) is 8.17. The van der Waals surface area contributed by atoms with Crippen LogP contribution in [-0.4, -0.2) is 33.7 Å². The van der Waals surface area contributed by atoms with Gasteiger partial charge in [-0.2, -0.15) is 5.10 Å². The van der Waals surface area contributed by atoms with Crippen molar-refractivity contribution in [2.75, 3.05) is 13.1 Å². The zero-order valence-electron chi connectivity index (χ0n) is 13.6. The predicted molar refractivity (Wildman–Crippen MR) is 95.7 cm³/mol. The molecule has 1 amide bonds. The number of benzene rings is 2. The Labute approximate surface area is 141 Å². The molecule has 4 rings (SSSR count). The van der Waals surface area contributed by atoms with Gasteiger partial charge in [-0.15, -0.1) is 0 Å². The summed E-state index contributed by atoms with van der Waals surface area (Å²) in [5.74, 6) is 0.0521. The maximum atomic E-state index is 12.5. The average Bonchev–Trinajstić information content (AvgIpc) is 3.07. The molecule has 0 atom stereocenters. The minimum Gasteiger partial charge on any atom is -0.334 e. The van der Waals surface area contributed by atoms with E-state index in [4.69, 9.17) is 0 Å². The molecule has 1 aliphatic heterocycles. The molecule has 4 heteroatoms. The number of carbonyl (C=O) groups excluding carboxylic acids is 1. The second-order valence-electron chi connectivity index (χ2n) is 6.16. The smallest absolute Gasteiger partial charge is 0.257 e. The van der Waals surface area contributed by atoms with Crippen LogP contribution >= 0.6 is 0 Å². The van der Waals surface area contributed by atoms with Gasteiger partial charge in [0.25, 0.3) is 5.91 Å². The van der Waals surface area contributed by atoms with Crippen molar-refractivity contribution in [2.24, 2.45) is 7.05 Å². The molecule has 0 saturated carbocycles. The summed E-state index contributed by atoms with van der Waals surface area (Å²) < 4.78 is 1.66. The van der Waals surface area contributed by atoms with Gasteiger partial charge in [0.05, 0.1) is 11.8 Å². The van der Waals surface area contributed by atoms with Gasteiger partial charge < -0.3 is 4.90 Å². The van der Waals surface area contributed by atoms with Crippen molar-refractivity contribution in [1.29, 1.82) is 0 Å². The van der Waals surface area contributed by atoms with Crippen LogP contribution in [0.15, 0.2) is 60.9 Å². The Balaban J connectivity index is 1.59. The number of amides is 1. The highest BCUT2D eigenvalue weighted by Crippen LogP contribution is 2.29. The minimum atomic E-state index is 0.0521. The second-order valence-corrected chi connectivity index (χ2v) is 6.16. The topological polar surface area (TPSA) is 38.1 Å². The van der Waals surface area contributed by atoms with Gasteiger partial charge in [-0.25, -0.2) is 0 Å². The summed E-state index contributed by atoms with van der Waals surface area (Å²) in [5, 5.41) is 6.61. The molecule has 3 aromatic rings. The van der Waals surface area contributed by atoms with Crippen LogP contribution in [0.4, 0.5) is 0 Å². The lowest BCUT2D eigenvalue weighted by atomic mass is 9.94. The van der Waals surface area contributed by atoms with Crippen LogP contribution in [0.5, 0.6) is 0 Å². The van der Waals surface area contributed by atoms with Crippen LogP contribution in [0.2, 0.25) is 0 Å². The van der Waals surface area contributed by atoms with E-state index in [-0.39, 0.29) is 5.91 Å². The summed E-state index contributed by atoms with van der Waals surface area (Å²) >= 11 is 0. The lowest BCUT2D eigenvalue weighted by Crippen LogP contribution is -2.34. The van der Waals surface area contributed by atoms with Crippen molar-refractivity contribution in [3.8, 4) is 0 Å². The highest BCUT2D eigenvalue weighted by Gasteiger charge is 2.20. The Bertz CT molecular complexity index is 933. The van der Waals surface area contributed by atoms with Crippen molar-refractivity contribution < 1.29 is 4.79 Å². The number of hydrogen-bond acceptors (Lipinski definition) is 2. The standard InChI is InChI=1S/C20H19N3O/c1-22-14-17(13-21-22)20(24)23-11-9-16(10-12-23)19-8-4-6-15-5-2-3-7-18(15)19/h2-9,13-14H,10-12H2,1H3. The lowest BCUT2D eigenvalue weighted by Gasteiger charge is -2.26. The summed E-state index contributed by atoms with van der Waals surface area (Å²) in [4.78, 5) is 14.4. The first-order chi connectivity index (χ1) is 11.7. The summed E-state index contributed by atoms with van der Waals surface area (Å²) in [5.41, 5.74) is 3.25. The summed E-state index contributed by atoms with van der Waals surface area (Å²) in [6.07, 6.45) is 6.46. The zero-order chi connectivity index (χ0) is 16.5. The Morgan fingerprint density at radius 2 is 1.96 bits per heavy atom. The molecule has 2 aromatic carbocycles. The molecule has 0 N–H and O–H groups in total. The van der Waals surface area contributed by atoms with Crippen LogP contribution in [0.1, 0.15) is 22.3 Å². The molecule has 0 bridgehead atoms. The van der Waals surface area contributed by atoms with E-state index in [0.717, 1.165) is 13.0 Å². The van der Waals surface area contributed by atoms with Crippen LogP contribution in [0.25, 0.3) is 16.3 Å². The van der Waals surface area contributed by atoms with Gasteiger partial charge in [-0.1, -0.05) is 48.5 Å². The van der Waals surface area contributed by atoms with E-state index in [1.54, 1.807) is 17.1 Å². The molecule has 24 heavy (non-hydrogen) atoms. The number of aromatic nitrogens is 2. The largest absolute Gasteiger partial charge is 0.334 e. The molecule has 1 aromatic heterocycles. The van der Waals surface area contributed by atoms with Gasteiger partial charge in [0.1, 0.15) is 0 Å². The first kappa shape index (κ1) is 14.7. The highest BCUT2D eigenvalue weighted by molar-refractivity contribution is 5.96. The van der Waals surface area contributed by atoms with Crippen LogP contribution in [0, 0.1) is 0 Å². The van der Waals surface area contributed by atoms with Crippen molar-refractivity contribution in [2.45, 2.75) is 6.42 Å². The molecular formula is C20H19N3O. The number of fused-ring (bicyclic) bond motifs is 1. The Kier molecular flexibility index (Phi) is 3.65. The SMILES string of the molecule is Cn1cc(C(=O)N2CC=C(c3cccc4ccccc34)CC2)cn1. The third-order valence-corrected chi connectivity index (χ3v) is 4.58. The molecule has 4 nitrogen and oxygen atoms in total. The third-order valence-electron chi connectivity index (χ3n) is 4.58. The van der Waals surface area contributed by atoms with E-state index in [9.17, 15) is 4.79 Å². The Morgan fingerprint density at radius 1 is 1.12 bits per heavy atom. The number of aryl methyl sites for hydroxylation is 1. The van der Waals surface area contributed by atoms with Crippen LogP contribution in [-0.2, 0) is 7.05 Å². The van der Waals surface area contributed by atoms with E-state index >= 15 is 0 Å². The van der Waals surface area contributed by atoms with Crippen molar-refractivity contribution in [3.05, 3.63) is 72.1 Å². The van der Waals surface area contributed by atoms with Gasteiger partial charge in [0.15, 0.2) is 0 Å². The fraction of sp³-hybridized carbons (Fsp3) is 0.200. The monoisotopic (exact) mass is 317 g/mol. The maximum absolute atomic E-state index is 12.5. The third kappa shape index (κ3) is 2.60. The van der Waals surface area contributed by atoms with E-state index in [0.29, 0.717) is 12.1 Å². The normalized spacial score (nSPS) is 14.7. The summed E-state index contributed by atoms with van der Waals surface area (Å²) in [7, 11) is 1.82. The second kappa shape index (κ2) is 5.96. The van der Waals surface area contributed by atoms with Gasteiger partial charge in [0.2, 0.25) is 0 Å². The molecule has 0 saturated heterocycles. The molecule has 0 spiro atoms. The van der Waals surface area contributed by atoms with E-state index in [1.807, 2.05) is 11.9 Å². The van der Waals surface area contributed by atoms with Crippen molar-refractivity contribution in [3.63, 3.8) is 0 Å². The average molecular weight is 317 g/mol. The Hall–Kier alpha value is -2.88. The molecule has 120 valence electrons. The van der Waals surface area contributed by atoms with Gasteiger partial charge >= 0.3 is 0 Å². The molecule has 1 aliphatic rings. The molecule has 0 aliphatic carbocycles. The van der Waals surface area contributed by atoms with Gasteiger partial charge in [-0.3, -0.25) is 9.48 Å². The number of hydrogen-bond donors (Lipinski definition) is 0. The van der Waals surface area contributed by atoms with Crippen molar-refractivity contribution >= 4 is 22.3 Å². The highest BCUT2D eigenvalue weighted by atomic mass is 16.2.